The maximum Gasteiger partial charge on any atom is 0.233 e. The minimum absolute atomic E-state index is 0.00156. The molecule has 2 aromatic rings. The molecule has 0 aliphatic rings. The van der Waals surface area contributed by atoms with Crippen molar-refractivity contribution in [1.29, 1.82) is 0 Å². The number of ether oxygens (including phenoxy) is 1. The summed E-state index contributed by atoms with van der Waals surface area (Å²) in [6.45, 7) is 5.70. The minimum atomic E-state index is -0.206. The zero-order chi connectivity index (χ0) is 17.4. The summed E-state index contributed by atoms with van der Waals surface area (Å²) in [6, 6.07) is 15.6. The number of halogens is 1. The summed E-state index contributed by atoms with van der Waals surface area (Å²) < 4.78 is 5.37. The minimum Gasteiger partial charge on any atom is -0.377 e. The van der Waals surface area contributed by atoms with Gasteiger partial charge < -0.3 is 10.1 Å². The zero-order valence-corrected chi connectivity index (χ0v) is 15.5. The Hall–Kier alpha value is -1.49. The summed E-state index contributed by atoms with van der Waals surface area (Å²) in [4.78, 5) is 13.2. The highest BCUT2D eigenvalue weighted by Crippen LogP contribution is 2.29. The molecule has 0 saturated heterocycles. The molecule has 24 heavy (non-hydrogen) atoms. The van der Waals surface area contributed by atoms with Crippen molar-refractivity contribution in [1.82, 2.24) is 5.32 Å². The van der Waals surface area contributed by atoms with Gasteiger partial charge in [-0.25, -0.2) is 0 Å². The van der Waals surface area contributed by atoms with Gasteiger partial charge >= 0.3 is 0 Å². The molecule has 0 saturated carbocycles. The standard InChI is InChI=1S/C19H22ClNO2S/c1-3-23-13-16-10-8-15(9-11-16)12-21-19(22)14(2)24-18-7-5-4-6-17(18)20/h4-11,14H,3,12-13H2,1-2H3,(H,21,22). The molecule has 0 aliphatic carbocycles. The maximum absolute atomic E-state index is 12.2. The second kappa shape index (κ2) is 9.72. The molecule has 1 unspecified atom stereocenters. The van der Waals surface area contributed by atoms with E-state index < -0.39 is 0 Å². The number of amides is 1. The van der Waals surface area contributed by atoms with Crippen LogP contribution >= 0.6 is 23.4 Å². The van der Waals surface area contributed by atoms with E-state index in [1.807, 2.05) is 62.4 Å². The molecule has 0 radical (unpaired) electrons. The Morgan fingerprint density at radius 2 is 1.83 bits per heavy atom. The van der Waals surface area contributed by atoms with Gasteiger partial charge in [0, 0.05) is 18.0 Å². The van der Waals surface area contributed by atoms with E-state index in [0.717, 1.165) is 16.0 Å². The summed E-state index contributed by atoms with van der Waals surface area (Å²) in [5.74, 6) is -0.00156. The summed E-state index contributed by atoms with van der Waals surface area (Å²) in [5, 5.41) is 3.43. The summed E-state index contributed by atoms with van der Waals surface area (Å²) in [7, 11) is 0. The van der Waals surface area contributed by atoms with Gasteiger partial charge in [0.05, 0.1) is 16.9 Å². The zero-order valence-electron chi connectivity index (χ0n) is 13.9. The fourth-order valence-corrected chi connectivity index (χ4v) is 3.27. The van der Waals surface area contributed by atoms with Gasteiger partial charge in [-0.1, -0.05) is 48.0 Å². The number of carbonyl (C=O) groups is 1. The maximum atomic E-state index is 12.2. The fourth-order valence-electron chi connectivity index (χ4n) is 2.09. The van der Waals surface area contributed by atoms with Crippen molar-refractivity contribution < 1.29 is 9.53 Å². The van der Waals surface area contributed by atoms with Gasteiger partial charge in [0.25, 0.3) is 0 Å². The second-order valence-corrected chi connectivity index (χ2v) is 7.15. The summed E-state index contributed by atoms with van der Waals surface area (Å²) in [5.41, 5.74) is 2.20. The van der Waals surface area contributed by atoms with Crippen molar-refractivity contribution in [3.05, 3.63) is 64.7 Å². The van der Waals surface area contributed by atoms with Crippen LogP contribution in [0.25, 0.3) is 0 Å². The molecule has 0 aromatic heterocycles. The second-order valence-electron chi connectivity index (χ2n) is 5.36. The van der Waals surface area contributed by atoms with Crippen LogP contribution in [0.4, 0.5) is 0 Å². The third kappa shape index (κ3) is 5.86. The molecular formula is C19H22ClNO2S. The van der Waals surface area contributed by atoms with E-state index in [1.54, 1.807) is 0 Å². The normalized spacial score (nSPS) is 12.0. The average molecular weight is 364 g/mol. The molecule has 5 heteroatoms. The molecule has 128 valence electrons. The number of hydrogen-bond acceptors (Lipinski definition) is 3. The Labute approximate surface area is 152 Å². The Morgan fingerprint density at radius 3 is 2.50 bits per heavy atom. The van der Waals surface area contributed by atoms with E-state index in [2.05, 4.69) is 5.32 Å². The Morgan fingerprint density at radius 1 is 1.17 bits per heavy atom. The van der Waals surface area contributed by atoms with E-state index in [-0.39, 0.29) is 11.2 Å². The smallest absolute Gasteiger partial charge is 0.233 e. The van der Waals surface area contributed by atoms with E-state index >= 15 is 0 Å². The van der Waals surface area contributed by atoms with Crippen LogP contribution in [0.1, 0.15) is 25.0 Å². The molecule has 0 spiro atoms. The van der Waals surface area contributed by atoms with Gasteiger partial charge in [-0.05, 0) is 37.1 Å². The van der Waals surface area contributed by atoms with Gasteiger partial charge in [-0.2, -0.15) is 0 Å². The first kappa shape index (κ1) is 18.8. The first-order valence-corrected chi connectivity index (χ1v) is 9.20. The molecule has 1 amide bonds. The fraction of sp³-hybridized carbons (Fsp3) is 0.316. The van der Waals surface area contributed by atoms with E-state index in [0.29, 0.717) is 24.8 Å². The van der Waals surface area contributed by atoms with Crippen LogP contribution < -0.4 is 5.32 Å². The highest BCUT2D eigenvalue weighted by Gasteiger charge is 2.15. The predicted molar refractivity (Wildman–Crippen MR) is 100 cm³/mol. The van der Waals surface area contributed by atoms with E-state index in [4.69, 9.17) is 16.3 Å². The van der Waals surface area contributed by atoms with Crippen molar-refractivity contribution in [3.8, 4) is 0 Å². The lowest BCUT2D eigenvalue weighted by Crippen LogP contribution is -2.30. The van der Waals surface area contributed by atoms with Crippen LogP contribution in [0.3, 0.4) is 0 Å². The Kier molecular flexibility index (Phi) is 7.63. The van der Waals surface area contributed by atoms with Crippen LogP contribution in [-0.4, -0.2) is 17.8 Å². The van der Waals surface area contributed by atoms with Crippen molar-refractivity contribution in [2.75, 3.05) is 6.61 Å². The SMILES string of the molecule is CCOCc1ccc(CNC(=O)C(C)Sc2ccccc2Cl)cc1. The van der Waals surface area contributed by atoms with Crippen molar-refractivity contribution in [2.45, 2.75) is 37.1 Å². The van der Waals surface area contributed by atoms with Crippen LogP contribution in [0.2, 0.25) is 5.02 Å². The lowest BCUT2D eigenvalue weighted by molar-refractivity contribution is -0.120. The molecule has 0 aliphatic heterocycles. The van der Waals surface area contributed by atoms with E-state index in [1.165, 1.54) is 11.8 Å². The molecule has 0 bridgehead atoms. The van der Waals surface area contributed by atoms with Crippen LogP contribution in [-0.2, 0) is 22.7 Å². The molecular weight excluding hydrogens is 342 g/mol. The molecule has 0 fully saturated rings. The topological polar surface area (TPSA) is 38.3 Å². The highest BCUT2D eigenvalue weighted by molar-refractivity contribution is 8.00. The quantitative estimate of drug-likeness (QED) is 0.692. The van der Waals surface area contributed by atoms with Crippen molar-refractivity contribution in [2.24, 2.45) is 0 Å². The van der Waals surface area contributed by atoms with Crippen LogP contribution in [0.5, 0.6) is 0 Å². The Balaban J connectivity index is 1.82. The van der Waals surface area contributed by atoms with Crippen LogP contribution in [0, 0.1) is 0 Å². The molecule has 2 rings (SSSR count). The third-order valence-electron chi connectivity index (χ3n) is 3.47. The number of carbonyl (C=O) groups excluding carboxylic acids is 1. The van der Waals surface area contributed by atoms with Gasteiger partial charge in [-0.15, -0.1) is 11.8 Å². The lowest BCUT2D eigenvalue weighted by Gasteiger charge is -2.13. The number of nitrogens with one attached hydrogen (secondary N) is 1. The molecule has 0 heterocycles. The van der Waals surface area contributed by atoms with E-state index in [9.17, 15) is 4.79 Å². The monoisotopic (exact) mass is 363 g/mol. The largest absolute Gasteiger partial charge is 0.377 e. The lowest BCUT2D eigenvalue weighted by atomic mass is 10.1. The number of thioether (sulfide) groups is 1. The predicted octanol–water partition coefficient (Wildman–Crippen LogP) is 4.67. The third-order valence-corrected chi connectivity index (χ3v) is 5.09. The Bertz CT molecular complexity index is 661. The molecule has 1 atom stereocenters. The van der Waals surface area contributed by atoms with Crippen molar-refractivity contribution >= 4 is 29.3 Å². The molecule has 1 N–H and O–H groups in total. The van der Waals surface area contributed by atoms with Crippen LogP contribution in [0.15, 0.2) is 53.4 Å². The average Bonchev–Trinajstić information content (AvgIpc) is 2.60. The summed E-state index contributed by atoms with van der Waals surface area (Å²) in [6.07, 6.45) is 0. The molecule has 2 aromatic carbocycles. The first-order chi connectivity index (χ1) is 11.6. The van der Waals surface area contributed by atoms with Gasteiger partial charge in [0.2, 0.25) is 5.91 Å². The van der Waals surface area contributed by atoms with Gasteiger partial charge in [-0.3, -0.25) is 4.79 Å². The highest BCUT2D eigenvalue weighted by atomic mass is 35.5. The number of hydrogen-bond donors (Lipinski definition) is 1. The van der Waals surface area contributed by atoms with Gasteiger partial charge in [0.1, 0.15) is 0 Å². The molecule has 3 nitrogen and oxygen atoms in total. The number of benzene rings is 2. The van der Waals surface area contributed by atoms with Crippen molar-refractivity contribution in [3.63, 3.8) is 0 Å². The first-order valence-electron chi connectivity index (χ1n) is 7.94. The summed E-state index contributed by atoms with van der Waals surface area (Å²) >= 11 is 7.60. The number of rotatable bonds is 8. The van der Waals surface area contributed by atoms with Gasteiger partial charge in [0.15, 0.2) is 0 Å².